The lowest BCUT2D eigenvalue weighted by atomic mass is 9.54. The average molecular weight is 213 g/mol. The van der Waals surface area contributed by atoms with Crippen molar-refractivity contribution in [1.82, 2.24) is 0 Å². The minimum atomic E-state index is 0.194. The predicted molar refractivity (Wildman–Crippen MR) is 69.9 cm³/mol. The van der Waals surface area contributed by atoms with Crippen molar-refractivity contribution < 1.29 is 0 Å². The van der Waals surface area contributed by atoms with Gasteiger partial charge in [0.05, 0.1) is 0 Å². The van der Waals surface area contributed by atoms with Crippen LogP contribution in [0.2, 0.25) is 0 Å². The van der Waals surface area contributed by atoms with Crippen LogP contribution in [0.5, 0.6) is 0 Å². The highest BCUT2D eigenvalue weighted by Crippen LogP contribution is 2.51. The Morgan fingerprint density at radius 2 is 1.53 bits per heavy atom. The molecule has 92 valence electrons. The molecule has 0 aromatic carbocycles. The molecule has 2 rings (SSSR count). The van der Waals surface area contributed by atoms with Gasteiger partial charge in [0.25, 0.3) is 0 Å². The molecule has 4 unspecified atom stereocenters. The Labute approximate surface area is 96.8 Å². The Hall–Kier alpha value is -0.0400. The fourth-order valence-corrected chi connectivity index (χ4v) is 2.76. The van der Waals surface area contributed by atoms with E-state index in [0.717, 1.165) is 17.8 Å². The second-order valence-corrected chi connectivity index (χ2v) is 4.87. The maximum Gasteiger partial charge on any atom is 0.0157 e. The van der Waals surface area contributed by atoms with Gasteiger partial charge in [0.1, 0.15) is 0 Å². The second-order valence-electron chi connectivity index (χ2n) is 4.87. The standard InChI is InChI=1S/C10H19N.2C2H6/c1-7-3-4-8(7)9-5-6-10(9,2)11;2*1-2/h7-9H,3-6,11H2,1-2H3;2*1-2H3. The Morgan fingerprint density at radius 3 is 1.60 bits per heavy atom. The lowest BCUT2D eigenvalue weighted by molar-refractivity contribution is 0.00209. The highest BCUT2D eigenvalue weighted by atomic mass is 14.8. The maximum atomic E-state index is 6.14. The second kappa shape index (κ2) is 6.52. The third-order valence-corrected chi connectivity index (χ3v) is 4.04. The molecule has 0 amide bonds. The summed E-state index contributed by atoms with van der Waals surface area (Å²) >= 11 is 0. The molecular formula is C14H31N. The van der Waals surface area contributed by atoms with Crippen LogP contribution in [0.3, 0.4) is 0 Å². The number of hydrogen-bond donors (Lipinski definition) is 1. The molecule has 1 nitrogen and oxygen atoms in total. The molecule has 2 fully saturated rings. The van der Waals surface area contributed by atoms with E-state index in [0.29, 0.717) is 0 Å². The Balaban J connectivity index is 0.000000442. The van der Waals surface area contributed by atoms with Crippen LogP contribution in [0.4, 0.5) is 0 Å². The van der Waals surface area contributed by atoms with E-state index >= 15 is 0 Å². The molecule has 4 atom stereocenters. The van der Waals surface area contributed by atoms with E-state index in [-0.39, 0.29) is 5.54 Å². The highest BCUT2D eigenvalue weighted by Gasteiger charge is 2.47. The molecule has 0 aromatic rings. The molecule has 2 aliphatic rings. The zero-order valence-corrected chi connectivity index (χ0v) is 11.6. The SMILES string of the molecule is CC.CC.CC1CCC1C1CCC1(C)N. The minimum absolute atomic E-state index is 0.194. The molecular weight excluding hydrogens is 182 g/mol. The normalized spacial score (nSPS) is 42.2. The van der Waals surface area contributed by atoms with Crippen molar-refractivity contribution >= 4 is 0 Å². The summed E-state index contributed by atoms with van der Waals surface area (Å²) in [7, 11) is 0. The smallest absolute Gasteiger partial charge is 0.0157 e. The molecule has 0 bridgehead atoms. The summed E-state index contributed by atoms with van der Waals surface area (Å²) in [5.41, 5.74) is 6.33. The van der Waals surface area contributed by atoms with Crippen LogP contribution in [-0.2, 0) is 0 Å². The molecule has 0 aromatic heterocycles. The van der Waals surface area contributed by atoms with Gasteiger partial charge in [0.2, 0.25) is 0 Å². The van der Waals surface area contributed by atoms with Gasteiger partial charge in [0.15, 0.2) is 0 Å². The molecule has 15 heavy (non-hydrogen) atoms. The van der Waals surface area contributed by atoms with E-state index in [4.69, 9.17) is 5.73 Å². The molecule has 0 spiro atoms. The van der Waals surface area contributed by atoms with Crippen LogP contribution in [0, 0.1) is 17.8 Å². The Morgan fingerprint density at radius 1 is 1.00 bits per heavy atom. The van der Waals surface area contributed by atoms with Gasteiger partial charge in [-0.05, 0) is 43.9 Å². The zero-order valence-electron chi connectivity index (χ0n) is 11.6. The van der Waals surface area contributed by atoms with Crippen molar-refractivity contribution in [3.05, 3.63) is 0 Å². The van der Waals surface area contributed by atoms with Crippen molar-refractivity contribution in [2.24, 2.45) is 23.5 Å². The van der Waals surface area contributed by atoms with Crippen LogP contribution in [-0.4, -0.2) is 5.54 Å². The van der Waals surface area contributed by atoms with Gasteiger partial charge in [-0.3, -0.25) is 0 Å². The Kier molecular flexibility index (Phi) is 6.51. The summed E-state index contributed by atoms with van der Waals surface area (Å²) in [5.74, 6) is 2.79. The van der Waals surface area contributed by atoms with Crippen LogP contribution >= 0.6 is 0 Å². The maximum absolute atomic E-state index is 6.14. The van der Waals surface area contributed by atoms with Crippen molar-refractivity contribution in [1.29, 1.82) is 0 Å². The quantitative estimate of drug-likeness (QED) is 0.693. The molecule has 0 aliphatic heterocycles. The van der Waals surface area contributed by atoms with Crippen molar-refractivity contribution in [3.63, 3.8) is 0 Å². The van der Waals surface area contributed by atoms with Gasteiger partial charge >= 0.3 is 0 Å². The summed E-state index contributed by atoms with van der Waals surface area (Å²) in [6.45, 7) is 12.6. The van der Waals surface area contributed by atoms with Crippen LogP contribution < -0.4 is 5.73 Å². The fourth-order valence-electron chi connectivity index (χ4n) is 2.76. The van der Waals surface area contributed by atoms with Crippen LogP contribution in [0.25, 0.3) is 0 Å². The molecule has 2 N–H and O–H groups in total. The van der Waals surface area contributed by atoms with E-state index in [1.165, 1.54) is 25.7 Å². The van der Waals surface area contributed by atoms with Crippen molar-refractivity contribution in [2.75, 3.05) is 0 Å². The third-order valence-electron chi connectivity index (χ3n) is 4.04. The lowest BCUT2D eigenvalue weighted by Gasteiger charge is -2.54. The zero-order chi connectivity index (χ0) is 12.1. The molecule has 0 radical (unpaired) electrons. The van der Waals surface area contributed by atoms with E-state index in [1.54, 1.807) is 0 Å². The predicted octanol–water partition coefficient (Wildman–Crippen LogP) is 4.21. The summed E-state index contributed by atoms with van der Waals surface area (Å²) in [6.07, 6.45) is 5.53. The summed E-state index contributed by atoms with van der Waals surface area (Å²) in [6, 6.07) is 0. The Bertz CT molecular complexity index is 163. The van der Waals surface area contributed by atoms with Gasteiger partial charge in [0, 0.05) is 5.54 Å². The highest BCUT2D eigenvalue weighted by molar-refractivity contribution is 5.02. The average Bonchev–Trinajstić information content (AvgIpc) is 2.27. The molecule has 0 heterocycles. The first-order valence-electron chi connectivity index (χ1n) is 6.90. The summed E-state index contributed by atoms with van der Waals surface area (Å²) in [5, 5.41) is 0. The molecule has 2 saturated carbocycles. The van der Waals surface area contributed by atoms with E-state index in [1.807, 2.05) is 27.7 Å². The van der Waals surface area contributed by atoms with E-state index in [9.17, 15) is 0 Å². The first-order chi connectivity index (χ1) is 7.11. The van der Waals surface area contributed by atoms with E-state index < -0.39 is 0 Å². The van der Waals surface area contributed by atoms with Gasteiger partial charge < -0.3 is 5.73 Å². The topological polar surface area (TPSA) is 26.0 Å². The van der Waals surface area contributed by atoms with Gasteiger partial charge in [-0.15, -0.1) is 0 Å². The monoisotopic (exact) mass is 213 g/mol. The van der Waals surface area contributed by atoms with Crippen molar-refractivity contribution in [2.45, 2.75) is 72.8 Å². The molecule has 0 saturated heterocycles. The molecule has 1 heteroatoms. The summed E-state index contributed by atoms with van der Waals surface area (Å²) < 4.78 is 0. The van der Waals surface area contributed by atoms with Gasteiger partial charge in [-0.2, -0.15) is 0 Å². The third kappa shape index (κ3) is 3.21. The van der Waals surface area contributed by atoms with Gasteiger partial charge in [-0.1, -0.05) is 41.0 Å². The first kappa shape index (κ1) is 15.0. The fraction of sp³-hybridized carbons (Fsp3) is 1.00. The lowest BCUT2D eigenvalue weighted by Crippen LogP contribution is -2.57. The largest absolute Gasteiger partial charge is 0.325 e. The number of hydrogen-bond acceptors (Lipinski definition) is 1. The van der Waals surface area contributed by atoms with Crippen LogP contribution in [0.15, 0.2) is 0 Å². The van der Waals surface area contributed by atoms with Crippen molar-refractivity contribution in [3.8, 4) is 0 Å². The first-order valence-corrected chi connectivity index (χ1v) is 6.90. The minimum Gasteiger partial charge on any atom is -0.325 e. The van der Waals surface area contributed by atoms with Crippen LogP contribution in [0.1, 0.15) is 67.2 Å². The summed E-state index contributed by atoms with van der Waals surface area (Å²) in [4.78, 5) is 0. The number of rotatable bonds is 1. The number of nitrogens with two attached hydrogens (primary N) is 1. The van der Waals surface area contributed by atoms with E-state index in [2.05, 4.69) is 13.8 Å². The molecule has 2 aliphatic carbocycles. The van der Waals surface area contributed by atoms with Gasteiger partial charge in [-0.25, -0.2) is 0 Å².